The van der Waals surface area contributed by atoms with E-state index >= 15 is 0 Å². The molecule has 0 amide bonds. The maximum atomic E-state index is 12.6. The summed E-state index contributed by atoms with van der Waals surface area (Å²) < 4.78 is 5.54. The number of hydrogen-bond acceptors (Lipinski definition) is 4. The Kier molecular flexibility index (Phi) is 7.50. The van der Waals surface area contributed by atoms with Crippen molar-refractivity contribution in [3.05, 3.63) is 96.1 Å². The van der Waals surface area contributed by atoms with Crippen LogP contribution < -0.4 is 14.5 Å². The molecule has 0 heterocycles. The average molecular weight is 415 g/mol. The van der Waals surface area contributed by atoms with Gasteiger partial charge in [0.15, 0.2) is 0 Å². The maximum absolute atomic E-state index is 12.6. The second-order valence-corrected chi connectivity index (χ2v) is 7.93. The third-order valence-electron chi connectivity index (χ3n) is 5.13. The summed E-state index contributed by atoms with van der Waals surface area (Å²) in [5.41, 5.74) is 4.45. The molecule has 0 fully saturated rings. The molecule has 3 rings (SSSR count). The molecule has 0 aromatic heterocycles. The van der Waals surface area contributed by atoms with Crippen molar-refractivity contribution in [2.24, 2.45) is 0 Å². The molecule has 0 spiro atoms. The first-order chi connectivity index (χ1) is 14.9. The van der Waals surface area contributed by atoms with Gasteiger partial charge >= 0.3 is 5.97 Å². The van der Waals surface area contributed by atoms with Crippen LogP contribution in [0.25, 0.3) is 6.08 Å². The molecule has 3 aromatic carbocycles. The first kappa shape index (κ1) is 22.2. The molecule has 0 radical (unpaired) electrons. The van der Waals surface area contributed by atoms with Gasteiger partial charge < -0.3 is 14.5 Å². The molecule has 0 bridgehead atoms. The zero-order valence-electron chi connectivity index (χ0n) is 18.7. The molecule has 1 atom stereocenters. The maximum Gasteiger partial charge on any atom is 0.312 e. The number of anilines is 2. The van der Waals surface area contributed by atoms with Crippen LogP contribution in [0.2, 0.25) is 0 Å². The molecule has 160 valence electrons. The van der Waals surface area contributed by atoms with Gasteiger partial charge in [0.1, 0.15) is 5.75 Å². The smallest absolute Gasteiger partial charge is 0.312 e. The lowest BCUT2D eigenvalue weighted by atomic mass is 9.94. The van der Waals surface area contributed by atoms with E-state index < -0.39 is 0 Å². The fourth-order valence-corrected chi connectivity index (χ4v) is 3.27. The number of nitrogens with zero attached hydrogens (tertiary/aromatic N) is 2. The topological polar surface area (TPSA) is 32.8 Å². The van der Waals surface area contributed by atoms with Crippen LogP contribution in [-0.2, 0) is 4.79 Å². The minimum absolute atomic E-state index is 0.0825. The number of carbonyl (C=O) groups is 1. The third-order valence-corrected chi connectivity index (χ3v) is 5.13. The zero-order chi connectivity index (χ0) is 22.2. The van der Waals surface area contributed by atoms with Gasteiger partial charge in [0.25, 0.3) is 0 Å². The van der Waals surface area contributed by atoms with E-state index in [2.05, 4.69) is 70.5 Å². The van der Waals surface area contributed by atoms with Gasteiger partial charge in [-0.15, -0.1) is 0 Å². The van der Waals surface area contributed by atoms with E-state index in [-0.39, 0.29) is 18.3 Å². The molecule has 4 heteroatoms. The molecule has 3 aromatic rings. The summed E-state index contributed by atoms with van der Waals surface area (Å²) in [4.78, 5) is 16.8. The summed E-state index contributed by atoms with van der Waals surface area (Å²) in [6.07, 6.45) is 4.42. The van der Waals surface area contributed by atoms with Gasteiger partial charge in [-0.05, 0) is 47.5 Å². The van der Waals surface area contributed by atoms with Crippen LogP contribution in [0.4, 0.5) is 11.4 Å². The van der Waals surface area contributed by atoms with Gasteiger partial charge in [-0.2, -0.15) is 0 Å². The molecule has 31 heavy (non-hydrogen) atoms. The van der Waals surface area contributed by atoms with Crippen LogP contribution in [0.5, 0.6) is 5.75 Å². The third kappa shape index (κ3) is 6.48. The van der Waals surface area contributed by atoms with Crippen molar-refractivity contribution in [2.75, 3.05) is 38.0 Å². The highest BCUT2D eigenvalue weighted by atomic mass is 16.5. The molecule has 1 unspecified atom stereocenters. The molecular formula is C27H30N2O2. The number of benzene rings is 3. The van der Waals surface area contributed by atoms with E-state index in [9.17, 15) is 4.79 Å². The number of para-hydroxylation sites is 1. The number of rotatable bonds is 8. The molecule has 0 aliphatic heterocycles. The van der Waals surface area contributed by atoms with Crippen molar-refractivity contribution in [2.45, 2.75) is 12.3 Å². The minimum atomic E-state index is -0.250. The predicted octanol–water partition coefficient (Wildman–Crippen LogP) is 5.61. The fraction of sp³-hybridized carbons (Fsp3) is 0.222. The number of esters is 1. The first-order valence-corrected chi connectivity index (χ1v) is 10.4. The van der Waals surface area contributed by atoms with E-state index in [4.69, 9.17) is 4.74 Å². The predicted molar refractivity (Wildman–Crippen MR) is 130 cm³/mol. The van der Waals surface area contributed by atoms with Crippen molar-refractivity contribution < 1.29 is 9.53 Å². The van der Waals surface area contributed by atoms with Gasteiger partial charge in [-0.25, -0.2) is 0 Å². The summed E-state index contributed by atoms with van der Waals surface area (Å²) in [5.74, 6) is 0.235. The summed E-state index contributed by atoms with van der Waals surface area (Å²) in [7, 11) is 8.08. The van der Waals surface area contributed by atoms with Crippen LogP contribution in [0.1, 0.15) is 23.5 Å². The summed E-state index contributed by atoms with van der Waals surface area (Å²) in [5, 5.41) is 0. The van der Waals surface area contributed by atoms with E-state index in [0.29, 0.717) is 5.75 Å². The Morgan fingerprint density at radius 2 is 1.35 bits per heavy atom. The van der Waals surface area contributed by atoms with Crippen LogP contribution in [0.15, 0.2) is 84.9 Å². The van der Waals surface area contributed by atoms with Crippen molar-refractivity contribution in [1.82, 2.24) is 0 Å². The second-order valence-electron chi connectivity index (χ2n) is 7.93. The molecule has 0 aliphatic carbocycles. The average Bonchev–Trinajstić information content (AvgIpc) is 2.77. The highest BCUT2D eigenvalue weighted by Crippen LogP contribution is 2.26. The number of allylic oxidation sites excluding steroid dienone is 1. The highest BCUT2D eigenvalue weighted by Gasteiger charge is 2.16. The van der Waals surface area contributed by atoms with Crippen LogP contribution >= 0.6 is 0 Å². The van der Waals surface area contributed by atoms with E-state index in [0.717, 1.165) is 22.5 Å². The molecule has 0 saturated carbocycles. The quantitative estimate of drug-likeness (QED) is 0.354. The van der Waals surface area contributed by atoms with E-state index in [1.165, 1.54) is 0 Å². The van der Waals surface area contributed by atoms with E-state index in [1.54, 1.807) is 12.1 Å². The Morgan fingerprint density at radius 1 is 0.806 bits per heavy atom. The van der Waals surface area contributed by atoms with Crippen molar-refractivity contribution in [3.63, 3.8) is 0 Å². The van der Waals surface area contributed by atoms with Crippen molar-refractivity contribution >= 4 is 23.4 Å². The van der Waals surface area contributed by atoms with Gasteiger partial charge in [0.05, 0.1) is 6.42 Å². The Labute approximate surface area is 185 Å². The van der Waals surface area contributed by atoms with Crippen LogP contribution in [0, 0.1) is 0 Å². The number of ether oxygens (including phenoxy) is 1. The Hall–Kier alpha value is -3.53. The van der Waals surface area contributed by atoms with Gasteiger partial charge in [-0.3, -0.25) is 4.79 Å². The molecule has 0 saturated heterocycles. The number of carbonyl (C=O) groups excluding carboxylic acids is 1. The summed E-state index contributed by atoms with van der Waals surface area (Å²) >= 11 is 0. The molecular weight excluding hydrogens is 384 g/mol. The summed E-state index contributed by atoms with van der Waals surface area (Å²) in [6.45, 7) is 0. The van der Waals surface area contributed by atoms with Gasteiger partial charge in [0, 0.05) is 45.5 Å². The zero-order valence-corrected chi connectivity index (χ0v) is 18.7. The van der Waals surface area contributed by atoms with Crippen LogP contribution in [-0.4, -0.2) is 34.2 Å². The normalized spacial score (nSPS) is 11.9. The summed E-state index contributed by atoms with van der Waals surface area (Å²) in [6, 6.07) is 25.8. The second kappa shape index (κ2) is 10.5. The Bertz CT molecular complexity index is 992. The van der Waals surface area contributed by atoms with Crippen LogP contribution in [0.3, 0.4) is 0 Å². The van der Waals surface area contributed by atoms with Gasteiger partial charge in [0.2, 0.25) is 0 Å². The lowest BCUT2D eigenvalue weighted by molar-refractivity contribution is -0.134. The van der Waals surface area contributed by atoms with Gasteiger partial charge in [-0.1, -0.05) is 54.6 Å². The molecule has 4 nitrogen and oxygen atoms in total. The van der Waals surface area contributed by atoms with Crippen molar-refractivity contribution in [3.8, 4) is 5.75 Å². The lowest BCUT2D eigenvalue weighted by Crippen LogP contribution is -2.13. The Morgan fingerprint density at radius 3 is 1.90 bits per heavy atom. The fourth-order valence-electron chi connectivity index (χ4n) is 3.27. The number of hydrogen-bond donors (Lipinski definition) is 0. The molecule has 0 aliphatic rings. The SMILES string of the molecule is CN(C)c1ccc(/C=C/C(CC(=O)Oc2ccccc2)c2ccc(N(C)C)cc2)cc1. The Balaban J connectivity index is 1.80. The standard InChI is InChI=1S/C27H30N2O2/c1-28(2)24-16-11-21(12-17-24)10-13-23(22-14-18-25(19-15-22)29(3)4)20-27(30)31-26-8-6-5-7-9-26/h5-19,23H,20H2,1-4H3/b13-10+. The minimum Gasteiger partial charge on any atom is -0.427 e. The van der Waals surface area contributed by atoms with Crippen molar-refractivity contribution in [1.29, 1.82) is 0 Å². The largest absolute Gasteiger partial charge is 0.427 e. The van der Waals surface area contributed by atoms with E-state index in [1.807, 2.05) is 46.4 Å². The highest BCUT2D eigenvalue weighted by molar-refractivity contribution is 5.74. The monoisotopic (exact) mass is 414 g/mol. The first-order valence-electron chi connectivity index (χ1n) is 10.4. The molecule has 0 N–H and O–H groups in total. The lowest BCUT2D eigenvalue weighted by Gasteiger charge is -2.16.